The molecule has 0 saturated carbocycles. The van der Waals surface area contributed by atoms with Gasteiger partial charge in [-0.25, -0.2) is 8.78 Å². The number of fused-ring (bicyclic) bond motifs is 1. The highest BCUT2D eigenvalue weighted by atomic mass is 19.2. The lowest BCUT2D eigenvalue weighted by molar-refractivity contribution is -0.141. The molecule has 0 spiro atoms. The summed E-state index contributed by atoms with van der Waals surface area (Å²) in [6.07, 6.45) is 3.01. The molecule has 1 saturated heterocycles. The van der Waals surface area contributed by atoms with E-state index in [9.17, 15) is 28.2 Å². The van der Waals surface area contributed by atoms with Gasteiger partial charge in [-0.1, -0.05) is 0 Å². The number of halogens is 3. The zero-order valence-electron chi connectivity index (χ0n) is 22.1. The Kier molecular flexibility index (Phi) is 8.97. The van der Waals surface area contributed by atoms with Gasteiger partial charge < -0.3 is 19.7 Å². The van der Waals surface area contributed by atoms with Gasteiger partial charge in [0, 0.05) is 30.3 Å². The molecule has 1 aliphatic rings. The van der Waals surface area contributed by atoms with Gasteiger partial charge in [0.25, 0.3) is 0 Å². The molecule has 0 amide bonds. The first-order chi connectivity index (χ1) is 18.6. The maximum atomic E-state index is 13.8. The minimum atomic E-state index is -1.31. The number of nitrogens with zero attached hydrogens (tertiary/aromatic N) is 2. The lowest BCUT2D eigenvalue weighted by Crippen LogP contribution is -2.42. The van der Waals surface area contributed by atoms with Crippen LogP contribution >= 0.6 is 0 Å². The van der Waals surface area contributed by atoms with Crippen LogP contribution in [0.1, 0.15) is 49.3 Å². The van der Waals surface area contributed by atoms with Crippen LogP contribution in [0.2, 0.25) is 0 Å². The van der Waals surface area contributed by atoms with Gasteiger partial charge >= 0.3 is 5.97 Å². The molecule has 4 rings (SSSR count). The number of aliphatic hydroxyl groups is 1. The number of carboxylic acid groups (broad SMARTS) is 1. The second kappa shape index (κ2) is 12.2. The normalized spacial score (nSPS) is 16.3. The number of hydrogen-bond acceptors (Lipinski definition) is 6. The maximum Gasteiger partial charge on any atom is 0.303 e. The maximum absolute atomic E-state index is 13.8. The molecule has 39 heavy (non-hydrogen) atoms. The Morgan fingerprint density at radius 2 is 1.92 bits per heavy atom. The summed E-state index contributed by atoms with van der Waals surface area (Å²) in [7, 11) is 1.58. The molecule has 2 heterocycles. The number of carboxylic acids is 1. The molecule has 210 valence electrons. The fourth-order valence-electron chi connectivity index (χ4n) is 5.46. The van der Waals surface area contributed by atoms with Gasteiger partial charge in [0.15, 0.2) is 11.6 Å². The predicted molar refractivity (Wildman–Crippen MR) is 139 cm³/mol. The molecule has 2 aromatic carbocycles. The molecule has 7 nitrogen and oxygen atoms in total. The molecule has 0 bridgehead atoms. The van der Waals surface area contributed by atoms with Crippen LogP contribution < -0.4 is 9.47 Å². The van der Waals surface area contributed by atoms with Crippen LogP contribution in [0.4, 0.5) is 13.2 Å². The Morgan fingerprint density at radius 3 is 2.62 bits per heavy atom. The number of aromatic nitrogens is 1. The minimum Gasteiger partial charge on any atom is -0.497 e. The highest BCUT2D eigenvalue weighted by molar-refractivity contribution is 5.84. The summed E-state index contributed by atoms with van der Waals surface area (Å²) in [5.74, 6) is -4.17. The first-order valence-corrected chi connectivity index (χ1v) is 12.9. The van der Waals surface area contributed by atoms with Gasteiger partial charge in [-0.05, 0) is 80.4 Å². The molecule has 3 aromatic rings. The molecule has 0 radical (unpaired) electrons. The zero-order chi connectivity index (χ0) is 28.2. The SMILES string of the molecule is COc1ccc2ncc(C)c([C@H](O)CCC3(CC(=O)O)CCN(CCOc4cc(F)cc(F)c4F)CC3)c2c1. The number of piperidine rings is 1. The summed E-state index contributed by atoms with van der Waals surface area (Å²) >= 11 is 0. The quantitative estimate of drug-likeness (QED) is 0.311. The number of ether oxygens (including phenoxy) is 2. The number of benzene rings is 2. The van der Waals surface area contributed by atoms with Crippen LogP contribution in [-0.4, -0.2) is 59.4 Å². The van der Waals surface area contributed by atoms with E-state index in [1.165, 1.54) is 0 Å². The highest BCUT2D eigenvalue weighted by Gasteiger charge is 2.37. The number of rotatable bonds is 11. The zero-order valence-corrected chi connectivity index (χ0v) is 22.1. The third-order valence-corrected chi connectivity index (χ3v) is 7.66. The van der Waals surface area contributed by atoms with Crippen molar-refractivity contribution in [2.24, 2.45) is 5.41 Å². The van der Waals surface area contributed by atoms with E-state index in [0.29, 0.717) is 57.1 Å². The van der Waals surface area contributed by atoms with E-state index in [4.69, 9.17) is 9.47 Å². The number of aliphatic hydroxyl groups excluding tert-OH is 1. The van der Waals surface area contributed by atoms with Crippen LogP contribution in [0.3, 0.4) is 0 Å². The van der Waals surface area contributed by atoms with E-state index in [-0.39, 0.29) is 13.0 Å². The lowest BCUT2D eigenvalue weighted by atomic mass is 9.71. The molecule has 1 aliphatic heterocycles. The molecule has 1 aromatic heterocycles. The Hall–Kier alpha value is -3.37. The second-order valence-electron chi connectivity index (χ2n) is 10.3. The van der Waals surface area contributed by atoms with E-state index >= 15 is 0 Å². The number of methoxy groups -OCH3 is 1. The number of aryl methyl sites for hydroxylation is 1. The summed E-state index contributed by atoms with van der Waals surface area (Å²) in [6.45, 7) is 3.49. The van der Waals surface area contributed by atoms with E-state index in [1.807, 2.05) is 25.1 Å². The summed E-state index contributed by atoms with van der Waals surface area (Å²) < 4.78 is 51.2. The minimum absolute atomic E-state index is 0.0122. The van der Waals surface area contributed by atoms with Crippen LogP contribution in [-0.2, 0) is 4.79 Å². The third kappa shape index (κ3) is 6.80. The van der Waals surface area contributed by atoms with Gasteiger partial charge in [-0.15, -0.1) is 0 Å². The van der Waals surface area contributed by atoms with Crippen molar-refractivity contribution in [2.45, 2.75) is 45.1 Å². The van der Waals surface area contributed by atoms with Crippen molar-refractivity contribution in [1.82, 2.24) is 9.88 Å². The van der Waals surface area contributed by atoms with Crippen molar-refractivity contribution in [3.05, 3.63) is 65.1 Å². The average Bonchev–Trinajstić information content (AvgIpc) is 2.90. The fraction of sp³-hybridized carbons (Fsp3) is 0.448. The third-order valence-electron chi connectivity index (χ3n) is 7.66. The van der Waals surface area contributed by atoms with Crippen LogP contribution in [0, 0.1) is 29.8 Å². The Morgan fingerprint density at radius 1 is 1.18 bits per heavy atom. The van der Waals surface area contributed by atoms with E-state index in [2.05, 4.69) is 9.88 Å². The first-order valence-electron chi connectivity index (χ1n) is 12.9. The smallest absolute Gasteiger partial charge is 0.303 e. The van der Waals surface area contributed by atoms with Gasteiger partial charge in [-0.3, -0.25) is 14.7 Å². The monoisotopic (exact) mass is 546 g/mol. The molecule has 2 N–H and O–H groups in total. The lowest BCUT2D eigenvalue weighted by Gasteiger charge is -2.41. The molecule has 0 unspecified atom stereocenters. The van der Waals surface area contributed by atoms with Gasteiger partial charge in [-0.2, -0.15) is 4.39 Å². The van der Waals surface area contributed by atoms with Gasteiger partial charge in [0.1, 0.15) is 18.2 Å². The topological polar surface area (TPSA) is 92.1 Å². The first kappa shape index (κ1) is 28.6. The van der Waals surface area contributed by atoms with Crippen LogP contribution in [0.25, 0.3) is 10.9 Å². The van der Waals surface area contributed by atoms with Crippen molar-refractivity contribution in [1.29, 1.82) is 0 Å². The van der Waals surface area contributed by atoms with Gasteiger partial charge in [0.05, 0.1) is 25.2 Å². The predicted octanol–water partition coefficient (Wildman–Crippen LogP) is 5.42. The van der Waals surface area contributed by atoms with Gasteiger partial charge in [0.2, 0.25) is 5.82 Å². The summed E-state index contributed by atoms with van der Waals surface area (Å²) in [5.41, 5.74) is 1.86. The molecular formula is C29H33F3N2O5. The second-order valence-corrected chi connectivity index (χ2v) is 10.3. The number of carbonyl (C=O) groups is 1. The van der Waals surface area contributed by atoms with Crippen molar-refractivity contribution in [2.75, 3.05) is 33.4 Å². The van der Waals surface area contributed by atoms with Crippen molar-refractivity contribution >= 4 is 16.9 Å². The summed E-state index contributed by atoms with van der Waals surface area (Å²) in [6, 6.07) is 6.77. The molecular weight excluding hydrogens is 513 g/mol. The van der Waals surface area contributed by atoms with Crippen LogP contribution in [0.5, 0.6) is 11.5 Å². The van der Waals surface area contributed by atoms with E-state index in [1.54, 1.807) is 13.3 Å². The van der Waals surface area contributed by atoms with Crippen molar-refractivity contribution in [3.8, 4) is 11.5 Å². The number of pyridine rings is 1. The van der Waals surface area contributed by atoms with E-state index < -0.39 is 40.7 Å². The molecule has 1 fully saturated rings. The summed E-state index contributed by atoms with van der Waals surface area (Å²) in [4.78, 5) is 18.3. The molecule has 10 heteroatoms. The molecule has 0 aliphatic carbocycles. The van der Waals surface area contributed by atoms with Crippen LogP contribution in [0.15, 0.2) is 36.5 Å². The van der Waals surface area contributed by atoms with E-state index in [0.717, 1.165) is 28.1 Å². The summed E-state index contributed by atoms with van der Waals surface area (Å²) in [5, 5.41) is 21.7. The van der Waals surface area contributed by atoms with Crippen molar-refractivity contribution in [3.63, 3.8) is 0 Å². The Balaban J connectivity index is 1.39. The highest BCUT2D eigenvalue weighted by Crippen LogP contribution is 2.42. The number of likely N-dealkylation sites (tertiary alicyclic amines) is 1. The Bertz CT molecular complexity index is 1330. The average molecular weight is 547 g/mol. The number of aliphatic carboxylic acids is 1. The largest absolute Gasteiger partial charge is 0.497 e. The number of hydrogen-bond donors (Lipinski definition) is 2. The Labute approximate surface area is 225 Å². The fourth-order valence-corrected chi connectivity index (χ4v) is 5.46. The molecule has 1 atom stereocenters. The standard InChI is InChI=1S/C29H33F3N2O5/c1-18-17-33-23-4-3-20(38-2)15-21(23)27(18)24(35)5-6-29(16-26(36)37)7-9-34(10-8-29)11-12-39-25-14-19(30)13-22(31)28(25)32/h3-4,13-15,17,24,35H,5-12,16H2,1-2H3,(H,36,37)/t24-/m1/s1. The van der Waals surface area contributed by atoms with Crippen molar-refractivity contribution < 1.29 is 37.7 Å².